The van der Waals surface area contributed by atoms with E-state index in [2.05, 4.69) is 0 Å². The molecule has 0 aliphatic heterocycles. The van der Waals surface area contributed by atoms with Gasteiger partial charge in [0.25, 0.3) is 5.69 Å². The van der Waals surface area contributed by atoms with Crippen molar-refractivity contribution >= 4 is 40.5 Å². The first-order chi connectivity index (χ1) is 6.38. The highest BCUT2D eigenvalue weighted by atomic mass is 35.6. The van der Waals surface area contributed by atoms with Gasteiger partial charge in [0.05, 0.1) is 4.92 Å². The van der Waals surface area contributed by atoms with Gasteiger partial charge in [0, 0.05) is 12.1 Å². The topological polar surface area (TPSA) is 52.4 Å². The van der Waals surface area contributed by atoms with Gasteiger partial charge in [-0.25, -0.2) is 0 Å². The fourth-order valence-electron chi connectivity index (χ4n) is 0.770. The highest BCUT2D eigenvalue weighted by Crippen LogP contribution is 2.30. The molecule has 1 aromatic rings. The summed E-state index contributed by atoms with van der Waals surface area (Å²) in [6.45, 7) is 0. The van der Waals surface area contributed by atoms with Gasteiger partial charge in [-0.15, -0.1) is 0 Å². The standard InChI is InChI=1S/C7H4Cl3NO3/c8-7(9,10)14-6-3-1-5(2-4-6)11(12)13/h1-4H. The molecule has 0 N–H and O–H groups in total. The molecule has 1 rings (SSSR count). The number of non-ortho nitro benzene ring substituents is 1. The van der Waals surface area contributed by atoms with Gasteiger partial charge in [0.2, 0.25) is 0 Å². The maximum absolute atomic E-state index is 10.3. The van der Waals surface area contributed by atoms with Crippen molar-refractivity contribution in [3.05, 3.63) is 34.4 Å². The molecule has 0 fully saturated rings. The van der Waals surface area contributed by atoms with Crippen LogP contribution in [0.5, 0.6) is 5.75 Å². The van der Waals surface area contributed by atoms with Gasteiger partial charge in [-0.1, -0.05) is 0 Å². The number of alkyl halides is 3. The largest absolute Gasteiger partial charge is 0.446 e. The second-order valence-corrected chi connectivity index (χ2v) is 4.48. The van der Waals surface area contributed by atoms with Crippen molar-refractivity contribution in [2.24, 2.45) is 0 Å². The smallest absolute Gasteiger partial charge is 0.338 e. The molecule has 0 atom stereocenters. The molecule has 4 nitrogen and oxygen atoms in total. The first kappa shape index (κ1) is 11.4. The second-order valence-electron chi connectivity index (χ2n) is 2.30. The van der Waals surface area contributed by atoms with Crippen LogP contribution < -0.4 is 4.74 Å². The predicted molar refractivity (Wildman–Crippen MR) is 54.0 cm³/mol. The Labute approximate surface area is 94.5 Å². The van der Waals surface area contributed by atoms with E-state index in [1.165, 1.54) is 24.3 Å². The Morgan fingerprint density at radius 3 is 2.07 bits per heavy atom. The predicted octanol–water partition coefficient (Wildman–Crippen LogP) is 3.30. The monoisotopic (exact) mass is 255 g/mol. The number of nitro groups is 1. The minimum atomic E-state index is -1.86. The summed E-state index contributed by atoms with van der Waals surface area (Å²) in [5, 5.41) is 10.3. The van der Waals surface area contributed by atoms with Crippen LogP contribution in [0.3, 0.4) is 0 Å². The zero-order valence-electron chi connectivity index (χ0n) is 6.62. The normalized spacial score (nSPS) is 11.1. The maximum atomic E-state index is 10.3. The van der Waals surface area contributed by atoms with Gasteiger partial charge >= 0.3 is 3.98 Å². The molecular formula is C7H4Cl3NO3. The molecule has 0 bridgehead atoms. The Balaban J connectivity index is 2.79. The zero-order valence-corrected chi connectivity index (χ0v) is 8.88. The number of nitro benzene ring substituents is 1. The lowest BCUT2D eigenvalue weighted by molar-refractivity contribution is -0.384. The molecule has 0 heterocycles. The van der Waals surface area contributed by atoms with Gasteiger partial charge in [0.15, 0.2) is 0 Å². The summed E-state index contributed by atoms with van der Waals surface area (Å²) < 4.78 is 2.95. The van der Waals surface area contributed by atoms with Crippen LogP contribution in [-0.2, 0) is 0 Å². The van der Waals surface area contributed by atoms with Crippen LogP contribution in [0, 0.1) is 10.1 Å². The molecule has 0 unspecified atom stereocenters. The van der Waals surface area contributed by atoms with Crippen LogP contribution in [0.15, 0.2) is 24.3 Å². The first-order valence-electron chi connectivity index (χ1n) is 3.39. The number of hydrogen-bond donors (Lipinski definition) is 0. The molecule has 1 aromatic carbocycles. The van der Waals surface area contributed by atoms with Crippen LogP contribution in [0.25, 0.3) is 0 Å². The van der Waals surface area contributed by atoms with E-state index >= 15 is 0 Å². The van der Waals surface area contributed by atoms with Gasteiger partial charge in [-0.05, 0) is 46.9 Å². The fourth-order valence-corrected chi connectivity index (χ4v) is 1.04. The van der Waals surface area contributed by atoms with Gasteiger partial charge in [-0.2, -0.15) is 0 Å². The Morgan fingerprint density at radius 1 is 1.21 bits per heavy atom. The molecule has 0 amide bonds. The highest BCUT2D eigenvalue weighted by molar-refractivity contribution is 6.66. The van der Waals surface area contributed by atoms with E-state index in [9.17, 15) is 10.1 Å². The highest BCUT2D eigenvalue weighted by Gasteiger charge is 2.21. The third-order valence-corrected chi connectivity index (χ3v) is 1.51. The van der Waals surface area contributed by atoms with E-state index in [0.29, 0.717) is 0 Å². The van der Waals surface area contributed by atoms with Crippen LogP contribution in [0.2, 0.25) is 0 Å². The molecule has 14 heavy (non-hydrogen) atoms. The summed E-state index contributed by atoms with van der Waals surface area (Å²) in [5.41, 5.74) is -0.0540. The Hall–Kier alpha value is -0.710. The van der Waals surface area contributed by atoms with Crippen molar-refractivity contribution in [1.29, 1.82) is 0 Å². The number of halogens is 3. The van der Waals surface area contributed by atoms with E-state index in [0.717, 1.165) is 0 Å². The lowest BCUT2D eigenvalue weighted by Gasteiger charge is -2.12. The lowest BCUT2D eigenvalue weighted by Crippen LogP contribution is -2.12. The number of ether oxygens (including phenoxy) is 1. The quantitative estimate of drug-likeness (QED) is 0.463. The minimum absolute atomic E-state index is 0.0540. The fraction of sp³-hybridized carbons (Fsp3) is 0.143. The van der Waals surface area contributed by atoms with Crippen molar-refractivity contribution in [1.82, 2.24) is 0 Å². The molecule has 0 saturated carbocycles. The summed E-state index contributed by atoms with van der Waals surface area (Å²) in [5.74, 6) is 0.246. The maximum Gasteiger partial charge on any atom is 0.338 e. The van der Waals surface area contributed by atoms with E-state index in [1.807, 2.05) is 0 Å². The molecule has 0 saturated heterocycles. The summed E-state index contributed by atoms with van der Waals surface area (Å²) in [4.78, 5) is 9.76. The van der Waals surface area contributed by atoms with E-state index in [4.69, 9.17) is 39.5 Å². The molecule has 76 valence electrons. The van der Waals surface area contributed by atoms with Crippen LogP contribution in [0.1, 0.15) is 0 Å². The lowest BCUT2D eigenvalue weighted by atomic mass is 10.3. The first-order valence-corrected chi connectivity index (χ1v) is 4.52. The summed E-state index contributed by atoms with van der Waals surface area (Å²) in [6.07, 6.45) is 0. The molecule has 7 heteroatoms. The number of nitrogens with zero attached hydrogens (tertiary/aromatic N) is 1. The van der Waals surface area contributed by atoms with Gasteiger partial charge in [-0.3, -0.25) is 10.1 Å². The molecule has 0 aromatic heterocycles. The summed E-state index contributed by atoms with van der Waals surface area (Å²) in [6, 6.07) is 5.21. The van der Waals surface area contributed by atoms with Crippen LogP contribution in [-0.4, -0.2) is 8.90 Å². The summed E-state index contributed by atoms with van der Waals surface area (Å²) in [7, 11) is 0. The number of benzene rings is 1. The average molecular weight is 256 g/mol. The Kier molecular flexibility index (Phi) is 3.42. The average Bonchev–Trinajstić information content (AvgIpc) is 2.02. The SMILES string of the molecule is O=[N+]([O-])c1ccc(OC(Cl)(Cl)Cl)cc1. The van der Waals surface area contributed by atoms with Gasteiger partial charge < -0.3 is 4.74 Å². The van der Waals surface area contributed by atoms with Gasteiger partial charge in [0.1, 0.15) is 5.75 Å². The van der Waals surface area contributed by atoms with Crippen molar-refractivity contribution in [2.45, 2.75) is 3.98 Å². The third-order valence-electron chi connectivity index (χ3n) is 1.28. The molecule has 0 aliphatic carbocycles. The van der Waals surface area contributed by atoms with Crippen LogP contribution >= 0.6 is 34.8 Å². The van der Waals surface area contributed by atoms with Crippen molar-refractivity contribution < 1.29 is 9.66 Å². The Morgan fingerprint density at radius 2 is 1.71 bits per heavy atom. The van der Waals surface area contributed by atoms with E-state index in [-0.39, 0.29) is 11.4 Å². The van der Waals surface area contributed by atoms with Crippen molar-refractivity contribution in [2.75, 3.05) is 0 Å². The third kappa shape index (κ3) is 3.57. The second kappa shape index (κ2) is 4.21. The van der Waals surface area contributed by atoms with E-state index < -0.39 is 8.90 Å². The molecular weight excluding hydrogens is 252 g/mol. The molecule has 0 radical (unpaired) electrons. The molecule has 0 spiro atoms. The minimum Gasteiger partial charge on any atom is -0.446 e. The van der Waals surface area contributed by atoms with Crippen molar-refractivity contribution in [3.63, 3.8) is 0 Å². The molecule has 0 aliphatic rings. The van der Waals surface area contributed by atoms with Crippen molar-refractivity contribution in [3.8, 4) is 5.75 Å². The summed E-state index contributed by atoms with van der Waals surface area (Å²) >= 11 is 16.0. The van der Waals surface area contributed by atoms with Crippen LogP contribution in [0.4, 0.5) is 5.69 Å². The Bertz CT molecular complexity index is 333. The van der Waals surface area contributed by atoms with E-state index in [1.54, 1.807) is 0 Å². The number of rotatable bonds is 2. The zero-order chi connectivity index (χ0) is 10.8. The number of hydrogen-bond acceptors (Lipinski definition) is 3.